The number of hydrogen-bond donors (Lipinski definition) is 3. The summed E-state index contributed by atoms with van der Waals surface area (Å²) in [4.78, 5) is 29.8. The lowest BCUT2D eigenvalue weighted by Gasteiger charge is -2.28. The molecule has 1 saturated heterocycles. The van der Waals surface area contributed by atoms with Crippen molar-refractivity contribution in [3.8, 4) is 0 Å². The third-order valence-corrected chi connectivity index (χ3v) is 6.05. The second-order valence-corrected chi connectivity index (χ2v) is 8.10. The Morgan fingerprint density at radius 3 is 2.88 bits per heavy atom. The molecule has 0 bridgehead atoms. The summed E-state index contributed by atoms with van der Waals surface area (Å²) >= 11 is 1.76. The van der Waals surface area contributed by atoms with Gasteiger partial charge in [0.2, 0.25) is 0 Å². The average Bonchev–Trinajstić information content (AvgIpc) is 3.29. The number of rotatable bonds is 4. The van der Waals surface area contributed by atoms with E-state index in [4.69, 9.17) is 4.98 Å². The summed E-state index contributed by atoms with van der Waals surface area (Å²) in [5.74, 6) is 0.201. The van der Waals surface area contributed by atoms with Crippen LogP contribution in [-0.2, 0) is 4.79 Å². The van der Waals surface area contributed by atoms with E-state index in [1.165, 1.54) is 14.6 Å². The van der Waals surface area contributed by atoms with Gasteiger partial charge in [-0.1, -0.05) is 12.1 Å². The summed E-state index contributed by atoms with van der Waals surface area (Å²) in [6, 6.07) is 8.12. The maximum Gasteiger partial charge on any atom is 0.321 e. The minimum Gasteiger partial charge on any atom is -0.335 e. The molecule has 2 atom stereocenters. The Kier molecular flexibility index (Phi) is 4.67. The number of carbonyl (C=O) groups is 2. The molecule has 1 aliphatic heterocycles. The van der Waals surface area contributed by atoms with Gasteiger partial charge in [0.05, 0.1) is 29.2 Å². The maximum absolute atomic E-state index is 12.1. The van der Waals surface area contributed by atoms with Crippen LogP contribution in [0.4, 0.5) is 4.79 Å². The van der Waals surface area contributed by atoms with Gasteiger partial charge in [-0.25, -0.2) is 9.78 Å². The zero-order valence-electron chi connectivity index (χ0n) is 14.1. The lowest BCUT2D eigenvalue weighted by atomic mass is 9.99. The van der Waals surface area contributed by atoms with Crippen LogP contribution in [0.25, 0.3) is 10.2 Å². The van der Waals surface area contributed by atoms with Crippen LogP contribution in [-0.4, -0.2) is 42.6 Å². The monoisotopic (exact) mass is 359 g/mol. The number of para-hydroxylation sites is 1. The Morgan fingerprint density at radius 2 is 2.08 bits per heavy atom. The van der Waals surface area contributed by atoms with Gasteiger partial charge in [0.1, 0.15) is 5.01 Å². The van der Waals surface area contributed by atoms with Gasteiger partial charge < -0.3 is 10.2 Å². The van der Waals surface area contributed by atoms with Crippen LogP contribution < -0.4 is 15.5 Å². The number of benzene rings is 1. The topological polar surface area (TPSA) is 75.5 Å². The summed E-state index contributed by atoms with van der Waals surface area (Å²) in [5.41, 5.74) is 1.06. The predicted molar refractivity (Wildman–Crippen MR) is 96.9 cm³/mol. The van der Waals surface area contributed by atoms with E-state index < -0.39 is 0 Å². The Labute approximate surface area is 150 Å². The van der Waals surface area contributed by atoms with E-state index in [9.17, 15) is 9.59 Å². The van der Waals surface area contributed by atoms with Crippen molar-refractivity contribution in [2.75, 3.05) is 19.6 Å². The molecule has 1 saturated carbocycles. The third kappa shape index (κ3) is 4.16. The van der Waals surface area contributed by atoms with E-state index in [1.807, 2.05) is 12.1 Å². The van der Waals surface area contributed by atoms with Crippen molar-refractivity contribution in [3.63, 3.8) is 0 Å². The minimum atomic E-state index is -0.355. The van der Waals surface area contributed by atoms with Crippen LogP contribution in [0, 0.1) is 0 Å². The van der Waals surface area contributed by atoms with E-state index in [0.29, 0.717) is 12.5 Å². The van der Waals surface area contributed by atoms with Crippen molar-refractivity contribution in [2.45, 2.75) is 37.6 Å². The van der Waals surface area contributed by atoms with Crippen molar-refractivity contribution in [3.05, 3.63) is 29.3 Å². The molecule has 1 aliphatic carbocycles. The molecular weight excluding hydrogens is 336 g/mol. The highest BCUT2D eigenvalue weighted by Gasteiger charge is 2.29. The predicted octanol–water partition coefficient (Wildman–Crippen LogP) is 1.05. The number of likely N-dealkylation sites (tertiary alicyclic amines) is 1. The third-order valence-electron chi connectivity index (χ3n) is 4.85. The van der Waals surface area contributed by atoms with Crippen molar-refractivity contribution < 1.29 is 14.5 Å². The van der Waals surface area contributed by atoms with Gasteiger partial charge in [-0.2, -0.15) is 0 Å². The van der Waals surface area contributed by atoms with Crippen molar-refractivity contribution in [1.29, 1.82) is 0 Å². The fourth-order valence-corrected chi connectivity index (χ4v) is 4.54. The first kappa shape index (κ1) is 16.5. The standard InChI is InChI=1S/C18H22N4O2S/c23-16(21-18(24)19-13-7-8-13)11-22-9-3-4-12(10-22)17-20-14-5-1-2-6-15(14)25-17/h1-2,5-6,12-13H,3-4,7-11H2,(H2,19,21,23,24)/p+1/t12-/m0/s1. The molecular formula is C18H23N4O2S+. The quantitative estimate of drug-likeness (QED) is 0.764. The lowest BCUT2D eigenvalue weighted by molar-refractivity contribution is -0.898. The van der Waals surface area contributed by atoms with Crippen LogP contribution >= 0.6 is 11.3 Å². The Balaban J connectivity index is 1.33. The first-order valence-corrected chi connectivity index (χ1v) is 9.78. The normalized spacial score (nSPS) is 23.4. The summed E-state index contributed by atoms with van der Waals surface area (Å²) in [7, 11) is 0. The SMILES string of the molecule is O=C(C[NH+]1CCC[C@H](c2nc3ccccc3s2)C1)NC(=O)NC1CC1. The summed E-state index contributed by atoms with van der Waals surface area (Å²) < 4.78 is 1.22. The van der Waals surface area contributed by atoms with Crippen LogP contribution in [0.1, 0.15) is 36.6 Å². The second-order valence-electron chi connectivity index (χ2n) is 7.04. The smallest absolute Gasteiger partial charge is 0.321 e. The summed E-state index contributed by atoms with van der Waals surface area (Å²) in [6.45, 7) is 2.22. The van der Waals surface area contributed by atoms with Crippen LogP contribution in [0.3, 0.4) is 0 Å². The van der Waals surface area contributed by atoms with Crippen LogP contribution in [0.5, 0.6) is 0 Å². The Morgan fingerprint density at radius 1 is 1.24 bits per heavy atom. The average molecular weight is 359 g/mol. The first-order valence-electron chi connectivity index (χ1n) is 8.97. The highest BCUT2D eigenvalue weighted by molar-refractivity contribution is 7.18. The number of urea groups is 1. The molecule has 2 aliphatic rings. The van der Waals surface area contributed by atoms with Crippen molar-refractivity contribution >= 4 is 33.5 Å². The fourth-order valence-electron chi connectivity index (χ4n) is 3.43. The molecule has 3 amide bonds. The van der Waals surface area contributed by atoms with Gasteiger partial charge in [0.25, 0.3) is 5.91 Å². The van der Waals surface area contributed by atoms with E-state index >= 15 is 0 Å². The van der Waals surface area contributed by atoms with E-state index in [-0.39, 0.29) is 18.0 Å². The Hall–Kier alpha value is -1.99. The fraction of sp³-hybridized carbons (Fsp3) is 0.500. The van der Waals surface area contributed by atoms with Gasteiger partial charge >= 0.3 is 6.03 Å². The van der Waals surface area contributed by atoms with Crippen LogP contribution in [0.2, 0.25) is 0 Å². The molecule has 0 radical (unpaired) electrons. The van der Waals surface area contributed by atoms with Gasteiger partial charge in [0.15, 0.2) is 6.54 Å². The molecule has 132 valence electrons. The maximum atomic E-state index is 12.1. The first-order chi connectivity index (χ1) is 12.2. The van der Waals surface area contributed by atoms with Gasteiger partial charge in [-0.3, -0.25) is 10.1 Å². The second kappa shape index (κ2) is 7.09. The molecule has 25 heavy (non-hydrogen) atoms. The summed E-state index contributed by atoms with van der Waals surface area (Å²) in [6.07, 6.45) is 4.23. The van der Waals surface area contributed by atoms with E-state index in [0.717, 1.165) is 44.3 Å². The number of imide groups is 1. The number of quaternary nitrogens is 1. The van der Waals surface area contributed by atoms with Crippen molar-refractivity contribution in [1.82, 2.24) is 15.6 Å². The number of piperidine rings is 1. The van der Waals surface area contributed by atoms with Crippen LogP contribution in [0.15, 0.2) is 24.3 Å². The minimum absolute atomic E-state index is 0.196. The Bertz CT molecular complexity index is 753. The zero-order valence-corrected chi connectivity index (χ0v) is 14.9. The zero-order chi connectivity index (χ0) is 17.2. The molecule has 3 N–H and O–H groups in total. The number of amides is 3. The molecule has 1 aromatic carbocycles. The number of aromatic nitrogens is 1. The highest BCUT2D eigenvalue weighted by Crippen LogP contribution is 2.30. The van der Waals surface area contributed by atoms with E-state index in [2.05, 4.69) is 22.8 Å². The van der Waals surface area contributed by atoms with E-state index in [1.54, 1.807) is 11.3 Å². The highest BCUT2D eigenvalue weighted by atomic mass is 32.1. The molecule has 2 aromatic rings. The molecule has 6 nitrogen and oxygen atoms in total. The number of nitrogens with zero attached hydrogens (tertiary/aromatic N) is 1. The lowest BCUT2D eigenvalue weighted by Crippen LogP contribution is -3.14. The number of carbonyl (C=O) groups excluding carboxylic acids is 2. The number of hydrogen-bond acceptors (Lipinski definition) is 4. The largest absolute Gasteiger partial charge is 0.335 e. The number of fused-ring (bicyclic) bond motifs is 1. The molecule has 1 unspecified atom stereocenters. The van der Waals surface area contributed by atoms with Gasteiger partial charge in [-0.15, -0.1) is 11.3 Å². The van der Waals surface area contributed by atoms with Gasteiger partial charge in [-0.05, 0) is 37.8 Å². The number of nitrogens with one attached hydrogen (secondary N) is 3. The van der Waals surface area contributed by atoms with Gasteiger partial charge in [0, 0.05) is 6.04 Å². The number of thiazole rings is 1. The summed E-state index contributed by atoms with van der Waals surface area (Å²) in [5, 5.41) is 6.41. The molecule has 1 aromatic heterocycles. The molecule has 2 heterocycles. The molecule has 2 fully saturated rings. The molecule has 0 spiro atoms. The molecule has 7 heteroatoms. The molecule has 4 rings (SSSR count). The van der Waals surface area contributed by atoms with Crippen molar-refractivity contribution in [2.24, 2.45) is 0 Å².